The molecule has 1 fully saturated rings. The van der Waals surface area contributed by atoms with Crippen LogP contribution in [0.15, 0.2) is 84.0 Å². The van der Waals surface area contributed by atoms with Gasteiger partial charge in [-0.05, 0) is 61.1 Å². The largest absolute Gasteiger partial charge is 0.478 e. The molecule has 0 atom stereocenters. The Hall–Kier alpha value is -4.62. The monoisotopic (exact) mass is 643 g/mol. The zero-order valence-electron chi connectivity index (χ0n) is 24.4. The zero-order chi connectivity index (χ0) is 31.5. The molecule has 230 valence electrons. The highest BCUT2D eigenvalue weighted by molar-refractivity contribution is 7.16. The molecule has 5 heterocycles. The van der Waals surface area contributed by atoms with E-state index in [2.05, 4.69) is 27.1 Å². The molecule has 0 bridgehead atoms. The Bertz CT molecular complexity index is 1890. The van der Waals surface area contributed by atoms with Crippen molar-refractivity contribution >= 4 is 40.6 Å². The van der Waals surface area contributed by atoms with Gasteiger partial charge in [0.15, 0.2) is 0 Å². The minimum Gasteiger partial charge on any atom is -0.478 e. The molecule has 2 N–H and O–H groups in total. The van der Waals surface area contributed by atoms with Crippen LogP contribution in [0.4, 0.5) is 5.82 Å². The number of halogens is 1. The normalized spacial score (nSPS) is 14.0. The fourth-order valence-corrected chi connectivity index (χ4v) is 6.18. The Morgan fingerprint density at radius 1 is 0.956 bits per heavy atom. The standard InChI is InChI=1S/C32H30ClN7O4S/c1-37-12-14-38(15-13-37)20-39-19-26(21-8-10-34-11-9-21)25(16-30(39)41)27-17-29(35-18-24-6-7-28(33)45-24)40(36-27)31(42)22-2-4-23(5-3-22)32(43)44/h2-11,16-17,19,35H,12-15,18,20H2,1H3,(H,43,44). The molecule has 0 radical (unpaired) electrons. The molecule has 1 aliphatic rings. The number of carboxylic acid groups (broad SMARTS) is 1. The van der Waals surface area contributed by atoms with Gasteiger partial charge < -0.3 is 19.9 Å². The van der Waals surface area contributed by atoms with E-state index in [0.717, 1.165) is 42.2 Å². The van der Waals surface area contributed by atoms with Crippen LogP contribution in [0.5, 0.6) is 0 Å². The number of carbonyl (C=O) groups is 2. The van der Waals surface area contributed by atoms with Gasteiger partial charge >= 0.3 is 5.97 Å². The molecule has 11 nitrogen and oxygen atoms in total. The second-order valence-electron chi connectivity index (χ2n) is 10.8. The lowest BCUT2D eigenvalue weighted by atomic mass is 10.0. The first-order chi connectivity index (χ1) is 21.7. The van der Waals surface area contributed by atoms with Gasteiger partial charge in [-0.25, -0.2) is 4.79 Å². The number of nitrogens with one attached hydrogen (secondary N) is 1. The lowest BCUT2D eigenvalue weighted by Gasteiger charge is -2.32. The minimum atomic E-state index is -1.08. The number of aromatic nitrogens is 4. The first-order valence-corrected chi connectivity index (χ1v) is 15.5. The van der Waals surface area contributed by atoms with Gasteiger partial charge in [0.1, 0.15) is 5.82 Å². The van der Waals surface area contributed by atoms with Crippen LogP contribution >= 0.6 is 22.9 Å². The van der Waals surface area contributed by atoms with Gasteiger partial charge in [-0.3, -0.25) is 19.5 Å². The highest BCUT2D eigenvalue weighted by atomic mass is 35.5. The van der Waals surface area contributed by atoms with Crippen molar-refractivity contribution in [3.05, 3.63) is 110 Å². The fourth-order valence-electron chi connectivity index (χ4n) is 5.16. The summed E-state index contributed by atoms with van der Waals surface area (Å²) in [5.41, 5.74) is 2.75. The number of benzene rings is 1. The zero-order valence-corrected chi connectivity index (χ0v) is 26.0. The minimum absolute atomic E-state index is 0.0692. The second kappa shape index (κ2) is 13.2. The number of rotatable bonds is 9. The summed E-state index contributed by atoms with van der Waals surface area (Å²) in [6.07, 6.45) is 5.23. The van der Waals surface area contributed by atoms with Gasteiger partial charge in [0.2, 0.25) is 0 Å². The third kappa shape index (κ3) is 6.89. The van der Waals surface area contributed by atoms with Crippen molar-refractivity contribution in [1.82, 2.24) is 29.1 Å². The number of hydrogen-bond donors (Lipinski definition) is 2. The molecule has 4 aromatic heterocycles. The van der Waals surface area contributed by atoms with E-state index in [1.165, 1.54) is 40.3 Å². The first-order valence-electron chi connectivity index (χ1n) is 14.3. The van der Waals surface area contributed by atoms with Gasteiger partial charge in [-0.2, -0.15) is 9.78 Å². The summed E-state index contributed by atoms with van der Waals surface area (Å²) in [5, 5.41) is 17.3. The quantitative estimate of drug-likeness (QED) is 0.235. The first kappa shape index (κ1) is 30.4. The molecule has 0 spiro atoms. The van der Waals surface area contributed by atoms with Crippen LogP contribution in [-0.4, -0.2) is 79.3 Å². The molecule has 0 aliphatic carbocycles. The smallest absolute Gasteiger partial charge is 0.335 e. The van der Waals surface area contributed by atoms with E-state index in [0.29, 0.717) is 34.6 Å². The van der Waals surface area contributed by atoms with Crippen LogP contribution in [0.25, 0.3) is 22.4 Å². The van der Waals surface area contributed by atoms with Gasteiger partial charge in [0.25, 0.3) is 11.5 Å². The molecule has 13 heteroatoms. The second-order valence-corrected chi connectivity index (χ2v) is 12.6. The fraction of sp³-hybridized carbons (Fsp3) is 0.219. The molecule has 1 aliphatic heterocycles. The molecule has 0 amide bonds. The number of thiophene rings is 1. The molecule has 5 aromatic rings. The number of anilines is 1. The Morgan fingerprint density at radius 2 is 1.67 bits per heavy atom. The maximum Gasteiger partial charge on any atom is 0.335 e. The van der Waals surface area contributed by atoms with Gasteiger partial charge in [-0.15, -0.1) is 11.3 Å². The topological polar surface area (TPSA) is 126 Å². The Morgan fingerprint density at radius 3 is 2.33 bits per heavy atom. The maximum absolute atomic E-state index is 13.7. The average Bonchev–Trinajstić information content (AvgIpc) is 3.67. The van der Waals surface area contributed by atoms with E-state index in [-0.39, 0.29) is 16.7 Å². The summed E-state index contributed by atoms with van der Waals surface area (Å²) >= 11 is 7.55. The molecule has 0 saturated carbocycles. The van der Waals surface area contributed by atoms with Crippen molar-refractivity contribution in [2.24, 2.45) is 0 Å². The van der Waals surface area contributed by atoms with E-state index in [1.807, 2.05) is 24.4 Å². The van der Waals surface area contributed by atoms with Crippen LogP contribution in [0.3, 0.4) is 0 Å². The summed E-state index contributed by atoms with van der Waals surface area (Å²) in [4.78, 5) is 48.2. The van der Waals surface area contributed by atoms with Crippen molar-refractivity contribution < 1.29 is 14.7 Å². The van der Waals surface area contributed by atoms with Crippen LogP contribution in [0.1, 0.15) is 25.6 Å². The highest BCUT2D eigenvalue weighted by Gasteiger charge is 2.22. The van der Waals surface area contributed by atoms with E-state index >= 15 is 0 Å². The van der Waals surface area contributed by atoms with Crippen molar-refractivity contribution in [2.45, 2.75) is 13.2 Å². The molecule has 45 heavy (non-hydrogen) atoms. The van der Waals surface area contributed by atoms with Crippen LogP contribution in [0, 0.1) is 0 Å². The lowest BCUT2D eigenvalue weighted by Crippen LogP contribution is -2.46. The predicted octanol–water partition coefficient (Wildman–Crippen LogP) is 4.69. The number of nitrogens with zero attached hydrogens (tertiary/aromatic N) is 6. The predicted molar refractivity (Wildman–Crippen MR) is 174 cm³/mol. The van der Waals surface area contributed by atoms with Crippen molar-refractivity contribution in [1.29, 1.82) is 0 Å². The van der Waals surface area contributed by atoms with Crippen molar-refractivity contribution in [3.8, 4) is 22.4 Å². The molecular formula is C32H30ClN7O4S. The number of carboxylic acids is 1. The number of piperazine rings is 1. The number of likely N-dealkylation sites (N-methyl/N-ethyl adjacent to an activating group) is 1. The van der Waals surface area contributed by atoms with Crippen molar-refractivity contribution in [2.75, 3.05) is 38.5 Å². The number of aromatic carboxylic acids is 1. The number of hydrogen-bond acceptors (Lipinski definition) is 9. The van der Waals surface area contributed by atoms with Gasteiger partial charge in [-0.1, -0.05) is 11.6 Å². The Labute approximate surface area is 267 Å². The molecule has 6 rings (SSSR count). The summed E-state index contributed by atoms with van der Waals surface area (Å²) in [6, 6.07) is 16.4. The summed E-state index contributed by atoms with van der Waals surface area (Å²) in [7, 11) is 2.09. The molecule has 0 unspecified atom stereocenters. The molecule has 1 saturated heterocycles. The van der Waals surface area contributed by atoms with Crippen LogP contribution in [0.2, 0.25) is 4.34 Å². The van der Waals surface area contributed by atoms with E-state index in [9.17, 15) is 19.5 Å². The van der Waals surface area contributed by atoms with E-state index in [4.69, 9.17) is 16.7 Å². The third-order valence-corrected chi connectivity index (χ3v) is 8.93. The van der Waals surface area contributed by atoms with Crippen LogP contribution in [-0.2, 0) is 13.2 Å². The maximum atomic E-state index is 13.7. The highest BCUT2D eigenvalue weighted by Crippen LogP contribution is 2.32. The Balaban J connectivity index is 1.41. The lowest BCUT2D eigenvalue weighted by molar-refractivity contribution is 0.0696. The van der Waals surface area contributed by atoms with E-state index < -0.39 is 11.9 Å². The Kier molecular flexibility index (Phi) is 8.90. The number of pyridine rings is 2. The molecule has 1 aromatic carbocycles. The number of carbonyl (C=O) groups excluding carboxylic acids is 1. The van der Waals surface area contributed by atoms with E-state index in [1.54, 1.807) is 35.2 Å². The summed E-state index contributed by atoms with van der Waals surface area (Å²) in [6.45, 7) is 4.43. The van der Waals surface area contributed by atoms with Crippen LogP contribution < -0.4 is 10.9 Å². The average molecular weight is 644 g/mol. The van der Waals surface area contributed by atoms with Crippen molar-refractivity contribution in [3.63, 3.8) is 0 Å². The summed E-state index contributed by atoms with van der Waals surface area (Å²) < 4.78 is 3.60. The van der Waals surface area contributed by atoms with Gasteiger partial charge in [0.05, 0.1) is 28.8 Å². The summed E-state index contributed by atoms with van der Waals surface area (Å²) in [5.74, 6) is -1.14. The SMILES string of the molecule is CN1CCN(Cn2cc(-c3ccncc3)c(-c3cc(NCc4ccc(Cl)s4)n(C(=O)c4ccc(C(=O)O)cc4)n3)cc2=O)CC1. The third-order valence-electron chi connectivity index (χ3n) is 7.69. The van der Waals surface area contributed by atoms with Gasteiger partial charge in [0, 0.05) is 78.5 Å². The molecular weight excluding hydrogens is 614 g/mol.